The van der Waals surface area contributed by atoms with Crippen molar-refractivity contribution in [2.24, 2.45) is 0 Å². The third kappa shape index (κ3) is 3.80. The van der Waals surface area contributed by atoms with Crippen LogP contribution in [0.3, 0.4) is 0 Å². The molecule has 2 aliphatic heterocycles. The summed E-state index contributed by atoms with van der Waals surface area (Å²) in [7, 11) is -2.11. The van der Waals surface area contributed by atoms with E-state index in [0.717, 1.165) is 18.5 Å². The zero-order valence-corrected chi connectivity index (χ0v) is 19.7. The summed E-state index contributed by atoms with van der Waals surface area (Å²) in [6.45, 7) is 3.60. The third-order valence-corrected chi connectivity index (χ3v) is 8.36. The van der Waals surface area contributed by atoms with E-state index in [-0.39, 0.29) is 6.04 Å². The van der Waals surface area contributed by atoms with Crippen molar-refractivity contribution in [3.63, 3.8) is 0 Å². The summed E-state index contributed by atoms with van der Waals surface area (Å²) in [6.07, 6.45) is 0.454. The molecule has 172 valence electrons. The van der Waals surface area contributed by atoms with Gasteiger partial charge in [0.05, 0.1) is 24.7 Å². The number of fused-ring (bicyclic) bond motifs is 3. The van der Waals surface area contributed by atoms with Crippen LogP contribution in [0.15, 0.2) is 77.7 Å². The van der Waals surface area contributed by atoms with E-state index >= 15 is 0 Å². The van der Waals surface area contributed by atoms with Crippen LogP contribution in [-0.4, -0.2) is 44.4 Å². The molecule has 0 bridgehead atoms. The highest BCUT2D eigenvalue weighted by Crippen LogP contribution is 2.47. The minimum atomic E-state index is -3.72. The lowest BCUT2D eigenvalue weighted by Crippen LogP contribution is -2.37. The summed E-state index contributed by atoms with van der Waals surface area (Å²) in [5.74, 6) is 1.26. The molecule has 0 aromatic heterocycles. The van der Waals surface area contributed by atoms with Crippen molar-refractivity contribution < 1.29 is 17.9 Å². The monoisotopic (exact) mass is 464 g/mol. The average molecular weight is 465 g/mol. The first-order chi connectivity index (χ1) is 16.0. The van der Waals surface area contributed by atoms with Crippen molar-refractivity contribution in [3.8, 4) is 11.5 Å². The van der Waals surface area contributed by atoms with E-state index in [1.165, 1.54) is 11.1 Å². The molecule has 0 saturated carbocycles. The van der Waals surface area contributed by atoms with Gasteiger partial charge in [0, 0.05) is 13.1 Å². The van der Waals surface area contributed by atoms with E-state index in [1.54, 1.807) is 35.7 Å². The molecule has 7 heteroatoms. The number of methoxy groups -OCH3 is 1. The fourth-order valence-corrected chi connectivity index (χ4v) is 6.66. The maximum atomic E-state index is 13.9. The standard InChI is InChI=1S/C26H28N2O4S/c1-3-32-25-17-20(13-14-24(25)31-2)26-27-16-15-19-9-7-8-12-22(19)23(27)18-28(26)33(29,30)21-10-5-4-6-11-21/h4-14,17,23,26H,3,15-16,18H2,1-2H3/t23-,26+/m0/s1. The van der Waals surface area contributed by atoms with Crippen LogP contribution in [0.2, 0.25) is 0 Å². The summed E-state index contributed by atoms with van der Waals surface area (Å²) in [4.78, 5) is 2.61. The van der Waals surface area contributed by atoms with Gasteiger partial charge in [-0.2, -0.15) is 4.31 Å². The van der Waals surface area contributed by atoms with Gasteiger partial charge < -0.3 is 9.47 Å². The molecular weight excluding hydrogens is 436 g/mol. The molecular formula is C26H28N2O4S. The maximum absolute atomic E-state index is 13.9. The topological polar surface area (TPSA) is 59.1 Å². The van der Waals surface area contributed by atoms with E-state index in [1.807, 2.05) is 37.3 Å². The van der Waals surface area contributed by atoms with Crippen molar-refractivity contribution in [2.75, 3.05) is 26.8 Å². The molecule has 1 fully saturated rings. The van der Waals surface area contributed by atoms with Gasteiger partial charge >= 0.3 is 0 Å². The third-order valence-electron chi connectivity index (χ3n) is 6.53. The molecule has 0 spiro atoms. The van der Waals surface area contributed by atoms with Crippen LogP contribution in [0.1, 0.15) is 35.8 Å². The van der Waals surface area contributed by atoms with E-state index in [4.69, 9.17) is 9.47 Å². The Morgan fingerprint density at radius 2 is 1.73 bits per heavy atom. The molecule has 2 atom stereocenters. The summed E-state index contributed by atoms with van der Waals surface area (Å²) in [5, 5.41) is 0. The van der Waals surface area contributed by atoms with Crippen molar-refractivity contribution in [1.82, 2.24) is 9.21 Å². The highest BCUT2D eigenvalue weighted by Gasteiger charge is 2.48. The lowest BCUT2D eigenvalue weighted by Gasteiger charge is -2.36. The number of rotatable bonds is 6. The van der Waals surface area contributed by atoms with Gasteiger partial charge in [0.15, 0.2) is 11.5 Å². The molecule has 0 aliphatic carbocycles. The Morgan fingerprint density at radius 1 is 0.970 bits per heavy atom. The van der Waals surface area contributed by atoms with Gasteiger partial charge in [0.25, 0.3) is 0 Å². The first-order valence-corrected chi connectivity index (χ1v) is 12.7. The van der Waals surface area contributed by atoms with Crippen molar-refractivity contribution in [2.45, 2.75) is 30.4 Å². The Kier molecular flexibility index (Phi) is 5.86. The summed E-state index contributed by atoms with van der Waals surface area (Å²) >= 11 is 0. The molecule has 3 aromatic carbocycles. The van der Waals surface area contributed by atoms with Crippen LogP contribution in [-0.2, 0) is 16.4 Å². The van der Waals surface area contributed by atoms with Crippen LogP contribution in [0.4, 0.5) is 0 Å². The second-order valence-electron chi connectivity index (χ2n) is 8.31. The Labute approximate surface area is 195 Å². The molecule has 6 nitrogen and oxygen atoms in total. The minimum Gasteiger partial charge on any atom is -0.493 e. The predicted molar refractivity (Wildman–Crippen MR) is 127 cm³/mol. The highest BCUT2D eigenvalue weighted by atomic mass is 32.2. The average Bonchev–Trinajstić information content (AvgIpc) is 3.26. The van der Waals surface area contributed by atoms with Crippen molar-refractivity contribution >= 4 is 10.0 Å². The smallest absolute Gasteiger partial charge is 0.244 e. The number of hydrogen-bond acceptors (Lipinski definition) is 5. The lowest BCUT2D eigenvalue weighted by atomic mass is 9.93. The second kappa shape index (κ2) is 8.82. The highest BCUT2D eigenvalue weighted by molar-refractivity contribution is 7.89. The van der Waals surface area contributed by atoms with Crippen LogP contribution < -0.4 is 9.47 Å². The van der Waals surface area contributed by atoms with Gasteiger partial charge in [-0.05, 0) is 54.3 Å². The zero-order chi connectivity index (χ0) is 23.0. The first-order valence-electron chi connectivity index (χ1n) is 11.3. The summed E-state index contributed by atoms with van der Waals surface area (Å²) in [5.41, 5.74) is 3.37. The Hall–Kier alpha value is -2.87. The maximum Gasteiger partial charge on any atom is 0.244 e. The number of nitrogens with zero attached hydrogens (tertiary/aromatic N) is 2. The van der Waals surface area contributed by atoms with Crippen LogP contribution in [0, 0.1) is 0 Å². The van der Waals surface area contributed by atoms with Gasteiger partial charge in [0.2, 0.25) is 10.0 Å². The van der Waals surface area contributed by atoms with Crippen molar-refractivity contribution in [1.29, 1.82) is 0 Å². The number of benzene rings is 3. The zero-order valence-electron chi connectivity index (χ0n) is 18.8. The Bertz CT molecular complexity index is 1250. The lowest BCUT2D eigenvalue weighted by molar-refractivity contribution is 0.154. The summed E-state index contributed by atoms with van der Waals surface area (Å²) < 4.78 is 40.6. The molecule has 5 rings (SSSR count). The molecule has 2 aliphatic rings. The van der Waals surface area contributed by atoms with Gasteiger partial charge in [-0.1, -0.05) is 48.5 Å². The Balaban J connectivity index is 1.64. The molecule has 0 radical (unpaired) electrons. The predicted octanol–water partition coefficient (Wildman–Crippen LogP) is 4.40. The first kappa shape index (κ1) is 21.9. The van der Waals surface area contributed by atoms with Crippen LogP contribution >= 0.6 is 0 Å². The molecule has 2 heterocycles. The fraction of sp³-hybridized carbons (Fsp3) is 0.308. The molecule has 3 aromatic rings. The quantitative estimate of drug-likeness (QED) is 0.541. The van der Waals surface area contributed by atoms with Gasteiger partial charge in [-0.15, -0.1) is 0 Å². The number of ether oxygens (including phenoxy) is 2. The van der Waals surface area contributed by atoms with Crippen LogP contribution in [0.25, 0.3) is 0 Å². The van der Waals surface area contributed by atoms with E-state index in [2.05, 4.69) is 23.1 Å². The fourth-order valence-electron chi connectivity index (χ4n) is 5.04. The SMILES string of the molecule is CCOc1cc([C@@H]2N3CCc4ccccc4[C@@H]3CN2S(=O)(=O)c2ccccc2)ccc1OC. The van der Waals surface area contributed by atoms with Crippen LogP contribution in [0.5, 0.6) is 11.5 Å². The minimum absolute atomic E-state index is 0.00363. The molecule has 0 N–H and O–H groups in total. The largest absolute Gasteiger partial charge is 0.493 e. The molecule has 0 unspecified atom stereocenters. The van der Waals surface area contributed by atoms with Crippen molar-refractivity contribution in [3.05, 3.63) is 89.5 Å². The van der Waals surface area contributed by atoms with E-state index in [0.29, 0.717) is 29.5 Å². The molecule has 0 amide bonds. The number of hydrogen-bond donors (Lipinski definition) is 0. The molecule has 1 saturated heterocycles. The van der Waals surface area contributed by atoms with Gasteiger partial charge in [-0.25, -0.2) is 8.42 Å². The second-order valence-corrected chi connectivity index (χ2v) is 10.2. The van der Waals surface area contributed by atoms with E-state index < -0.39 is 16.2 Å². The molecule has 33 heavy (non-hydrogen) atoms. The summed E-state index contributed by atoms with van der Waals surface area (Å²) in [6, 6.07) is 22.8. The van der Waals surface area contributed by atoms with Gasteiger partial charge in [0.1, 0.15) is 6.17 Å². The van der Waals surface area contributed by atoms with Gasteiger partial charge in [-0.3, -0.25) is 4.90 Å². The van der Waals surface area contributed by atoms with E-state index in [9.17, 15) is 8.42 Å². The Morgan fingerprint density at radius 3 is 2.48 bits per heavy atom. The normalized spacial score (nSPS) is 20.8. The number of sulfonamides is 1.